The fraction of sp³-hybridized carbons (Fsp3) is 0.455. The average molecular weight is 249 g/mol. The van der Waals surface area contributed by atoms with Crippen LogP contribution in [0, 0.1) is 0 Å². The summed E-state index contributed by atoms with van der Waals surface area (Å²) in [6, 6.07) is 0. The second-order valence-electron chi connectivity index (χ2n) is 3.73. The molecular formula is C11H15N5O2. The Morgan fingerprint density at radius 2 is 2.22 bits per heavy atom. The van der Waals surface area contributed by atoms with Crippen molar-refractivity contribution in [2.24, 2.45) is 7.05 Å². The van der Waals surface area contributed by atoms with E-state index in [1.807, 2.05) is 20.2 Å². The number of aryl methyl sites for hydroxylation is 2. The maximum absolute atomic E-state index is 11.8. The number of carbonyl (C=O) groups excluding carboxylic acids is 1. The van der Waals surface area contributed by atoms with Crippen molar-refractivity contribution < 1.29 is 9.53 Å². The first kappa shape index (κ1) is 12.3. The van der Waals surface area contributed by atoms with Crippen LogP contribution in [0.2, 0.25) is 0 Å². The molecule has 96 valence electrons. The van der Waals surface area contributed by atoms with Gasteiger partial charge in [0.2, 0.25) is 0 Å². The Morgan fingerprint density at radius 1 is 1.44 bits per heavy atom. The van der Waals surface area contributed by atoms with E-state index < -0.39 is 5.97 Å². The van der Waals surface area contributed by atoms with Gasteiger partial charge in [-0.1, -0.05) is 5.21 Å². The van der Waals surface area contributed by atoms with E-state index in [9.17, 15) is 4.79 Å². The van der Waals surface area contributed by atoms with E-state index in [0.29, 0.717) is 18.8 Å². The van der Waals surface area contributed by atoms with Crippen molar-refractivity contribution in [1.29, 1.82) is 0 Å². The van der Waals surface area contributed by atoms with Crippen molar-refractivity contribution in [2.45, 2.75) is 20.4 Å². The van der Waals surface area contributed by atoms with E-state index in [2.05, 4.69) is 15.4 Å². The largest absolute Gasteiger partial charge is 0.461 e. The summed E-state index contributed by atoms with van der Waals surface area (Å²) in [4.78, 5) is 11.8. The number of ether oxygens (including phenoxy) is 1. The maximum atomic E-state index is 11.8. The van der Waals surface area contributed by atoms with Gasteiger partial charge in [0.25, 0.3) is 0 Å². The number of rotatable bonds is 4. The molecule has 2 heterocycles. The predicted octanol–water partition coefficient (Wildman–Crippen LogP) is 0.875. The highest BCUT2D eigenvalue weighted by molar-refractivity contribution is 5.93. The van der Waals surface area contributed by atoms with Gasteiger partial charge in [0.05, 0.1) is 12.8 Å². The summed E-state index contributed by atoms with van der Waals surface area (Å²) >= 11 is 0. The van der Waals surface area contributed by atoms with Gasteiger partial charge in [0, 0.05) is 25.4 Å². The Hall–Kier alpha value is -2.18. The molecule has 0 aliphatic heterocycles. The van der Waals surface area contributed by atoms with Gasteiger partial charge in [-0.15, -0.1) is 5.10 Å². The zero-order chi connectivity index (χ0) is 13.1. The van der Waals surface area contributed by atoms with Crippen molar-refractivity contribution in [1.82, 2.24) is 24.8 Å². The van der Waals surface area contributed by atoms with E-state index in [0.717, 1.165) is 5.56 Å². The molecule has 0 N–H and O–H groups in total. The Morgan fingerprint density at radius 3 is 2.78 bits per heavy atom. The lowest BCUT2D eigenvalue weighted by atomic mass is 10.2. The molecule has 0 atom stereocenters. The molecule has 18 heavy (non-hydrogen) atoms. The van der Waals surface area contributed by atoms with Crippen molar-refractivity contribution in [2.75, 3.05) is 6.61 Å². The minimum Gasteiger partial charge on any atom is -0.461 e. The molecule has 7 heteroatoms. The number of nitrogens with zero attached hydrogens (tertiary/aromatic N) is 5. The minimum absolute atomic E-state index is 0.228. The average Bonchev–Trinajstić information content (AvgIpc) is 2.94. The quantitative estimate of drug-likeness (QED) is 0.752. The lowest BCUT2D eigenvalue weighted by molar-refractivity contribution is 0.0520. The summed E-state index contributed by atoms with van der Waals surface area (Å²) in [5.74, 6) is -0.462. The molecule has 0 aliphatic carbocycles. The van der Waals surface area contributed by atoms with Gasteiger partial charge in [0.15, 0.2) is 5.69 Å². The second kappa shape index (κ2) is 4.99. The van der Waals surface area contributed by atoms with Crippen LogP contribution in [0.3, 0.4) is 0 Å². The topological polar surface area (TPSA) is 74.8 Å². The van der Waals surface area contributed by atoms with Gasteiger partial charge in [-0.3, -0.25) is 4.68 Å². The van der Waals surface area contributed by atoms with E-state index in [1.165, 1.54) is 0 Å². The van der Waals surface area contributed by atoms with Gasteiger partial charge >= 0.3 is 5.97 Å². The summed E-state index contributed by atoms with van der Waals surface area (Å²) in [5, 5.41) is 11.9. The Labute approximate surface area is 104 Å². The molecule has 0 aliphatic rings. The predicted molar refractivity (Wildman–Crippen MR) is 63.9 cm³/mol. The lowest BCUT2D eigenvalue weighted by Crippen LogP contribution is -2.07. The lowest BCUT2D eigenvalue weighted by Gasteiger charge is -2.03. The van der Waals surface area contributed by atoms with Crippen LogP contribution >= 0.6 is 0 Å². The molecule has 0 saturated carbocycles. The summed E-state index contributed by atoms with van der Waals surface area (Å²) in [6.07, 6.45) is 3.49. The van der Waals surface area contributed by atoms with Crippen LogP contribution in [0.25, 0.3) is 11.3 Å². The zero-order valence-electron chi connectivity index (χ0n) is 10.6. The Bertz CT molecular complexity index is 558. The summed E-state index contributed by atoms with van der Waals surface area (Å²) in [6.45, 7) is 4.62. The van der Waals surface area contributed by atoms with Gasteiger partial charge in [0.1, 0.15) is 5.69 Å². The third kappa shape index (κ3) is 2.11. The van der Waals surface area contributed by atoms with Crippen LogP contribution in [0.5, 0.6) is 0 Å². The summed E-state index contributed by atoms with van der Waals surface area (Å²) < 4.78 is 8.29. The number of esters is 1. The molecule has 7 nitrogen and oxygen atoms in total. The van der Waals surface area contributed by atoms with E-state index >= 15 is 0 Å². The first-order valence-electron chi connectivity index (χ1n) is 5.77. The van der Waals surface area contributed by atoms with Crippen molar-refractivity contribution in [3.8, 4) is 11.3 Å². The fourth-order valence-electron chi connectivity index (χ4n) is 1.70. The highest BCUT2D eigenvalue weighted by Crippen LogP contribution is 2.22. The molecule has 0 amide bonds. The monoisotopic (exact) mass is 249 g/mol. The highest BCUT2D eigenvalue weighted by Gasteiger charge is 2.22. The molecule has 2 aromatic rings. The van der Waals surface area contributed by atoms with Gasteiger partial charge in [-0.25, -0.2) is 9.48 Å². The van der Waals surface area contributed by atoms with E-state index in [-0.39, 0.29) is 5.69 Å². The van der Waals surface area contributed by atoms with Gasteiger partial charge in [-0.2, -0.15) is 5.10 Å². The highest BCUT2D eigenvalue weighted by atomic mass is 16.5. The molecule has 0 aromatic carbocycles. The molecule has 2 aromatic heterocycles. The van der Waals surface area contributed by atoms with E-state index in [4.69, 9.17) is 4.74 Å². The number of carbonyl (C=O) groups is 1. The Balaban J connectivity index is 2.49. The molecule has 0 spiro atoms. The third-order valence-corrected chi connectivity index (χ3v) is 2.48. The maximum Gasteiger partial charge on any atom is 0.361 e. The fourth-order valence-corrected chi connectivity index (χ4v) is 1.70. The first-order chi connectivity index (χ1) is 8.67. The Kier molecular flexibility index (Phi) is 3.40. The van der Waals surface area contributed by atoms with Crippen LogP contribution in [-0.4, -0.2) is 37.4 Å². The SMILES string of the molecule is CCOC(=O)c1nnn(CC)c1-c1cnn(C)c1. The molecule has 0 fully saturated rings. The number of hydrogen-bond donors (Lipinski definition) is 0. The van der Waals surface area contributed by atoms with Crippen LogP contribution < -0.4 is 0 Å². The van der Waals surface area contributed by atoms with E-state index in [1.54, 1.807) is 22.5 Å². The van der Waals surface area contributed by atoms with Crippen LogP contribution in [0.4, 0.5) is 0 Å². The number of hydrogen-bond acceptors (Lipinski definition) is 5. The zero-order valence-corrected chi connectivity index (χ0v) is 10.6. The molecule has 0 radical (unpaired) electrons. The van der Waals surface area contributed by atoms with Crippen LogP contribution in [0.1, 0.15) is 24.3 Å². The van der Waals surface area contributed by atoms with Gasteiger partial charge in [-0.05, 0) is 13.8 Å². The smallest absolute Gasteiger partial charge is 0.361 e. The third-order valence-electron chi connectivity index (χ3n) is 2.48. The molecule has 2 rings (SSSR count). The van der Waals surface area contributed by atoms with Crippen molar-refractivity contribution in [3.05, 3.63) is 18.1 Å². The first-order valence-corrected chi connectivity index (χ1v) is 5.77. The van der Waals surface area contributed by atoms with Gasteiger partial charge < -0.3 is 4.74 Å². The normalized spacial score (nSPS) is 10.6. The summed E-state index contributed by atoms with van der Waals surface area (Å²) in [7, 11) is 1.81. The van der Waals surface area contributed by atoms with Crippen molar-refractivity contribution >= 4 is 5.97 Å². The summed E-state index contributed by atoms with van der Waals surface area (Å²) in [5.41, 5.74) is 1.67. The van der Waals surface area contributed by atoms with Crippen LogP contribution in [0.15, 0.2) is 12.4 Å². The second-order valence-corrected chi connectivity index (χ2v) is 3.73. The standard InChI is InChI=1S/C11H15N5O2/c1-4-16-10(8-6-12-15(3)7-8)9(13-14-16)11(17)18-5-2/h6-7H,4-5H2,1-3H3. The minimum atomic E-state index is -0.462. The van der Waals surface area contributed by atoms with Crippen molar-refractivity contribution in [3.63, 3.8) is 0 Å². The molecule has 0 unspecified atom stereocenters. The molecular weight excluding hydrogens is 234 g/mol. The molecule has 0 saturated heterocycles. The number of aromatic nitrogens is 5. The molecule has 0 bridgehead atoms. The van der Waals surface area contributed by atoms with Crippen LogP contribution in [-0.2, 0) is 18.3 Å².